The zero-order valence-electron chi connectivity index (χ0n) is 14.6. The maximum atomic E-state index is 12.1. The zero-order chi connectivity index (χ0) is 19.9. The highest BCUT2D eigenvalue weighted by Crippen LogP contribution is 2.28. The summed E-state index contributed by atoms with van der Waals surface area (Å²) in [6.45, 7) is -0.118. The molecule has 2 amide bonds. The minimum Gasteiger partial charge on any atom is -0.483 e. The van der Waals surface area contributed by atoms with Crippen molar-refractivity contribution in [3.05, 3.63) is 87.3 Å². The second kappa shape index (κ2) is 9.52. The van der Waals surface area contributed by atoms with E-state index in [4.69, 9.17) is 4.74 Å². The Hall–Kier alpha value is -2.64. The van der Waals surface area contributed by atoms with Gasteiger partial charge >= 0.3 is 0 Å². The van der Waals surface area contributed by atoms with Gasteiger partial charge in [0.05, 0.1) is 4.47 Å². The van der Waals surface area contributed by atoms with Gasteiger partial charge in [-0.15, -0.1) is 0 Å². The van der Waals surface area contributed by atoms with Crippen molar-refractivity contribution in [2.45, 2.75) is 0 Å². The van der Waals surface area contributed by atoms with Gasteiger partial charge in [-0.1, -0.05) is 34.1 Å². The van der Waals surface area contributed by atoms with E-state index in [0.717, 1.165) is 8.95 Å². The fourth-order valence-corrected chi connectivity index (χ4v) is 3.52. The van der Waals surface area contributed by atoms with Crippen LogP contribution in [-0.4, -0.2) is 18.4 Å². The number of anilines is 2. The summed E-state index contributed by atoms with van der Waals surface area (Å²) in [6.07, 6.45) is 0. The number of carbonyl (C=O) groups is 2. The quantitative estimate of drug-likeness (QED) is 0.468. The van der Waals surface area contributed by atoms with Crippen molar-refractivity contribution in [3.8, 4) is 5.75 Å². The highest BCUT2D eigenvalue weighted by atomic mass is 79.9. The molecule has 0 saturated heterocycles. The van der Waals surface area contributed by atoms with Crippen molar-refractivity contribution >= 4 is 55.0 Å². The van der Waals surface area contributed by atoms with Gasteiger partial charge < -0.3 is 15.4 Å². The number of hydrogen-bond donors (Lipinski definition) is 2. The molecule has 3 rings (SSSR count). The summed E-state index contributed by atoms with van der Waals surface area (Å²) in [5.41, 5.74) is 1.83. The normalized spacial score (nSPS) is 10.2. The lowest BCUT2D eigenvalue weighted by Crippen LogP contribution is -2.20. The summed E-state index contributed by atoms with van der Waals surface area (Å²) in [6, 6.07) is 21.3. The number of carbonyl (C=O) groups excluding carboxylic acids is 2. The summed E-state index contributed by atoms with van der Waals surface area (Å²) in [4.78, 5) is 24.2. The minimum absolute atomic E-state index is 0.118. The van der Waals surface area contributed by atoms with Gasteiger partial charge in [0.15, 0.2) is 6.61 Å². The van der Waals surface area contributed by atoms with E-state index in [2.05, 4.69) is 42.5 Å². The average molecular weight is 504 g/mol. The van der Waals surface area contributed by atoms with Crippen LogP contribution in [0, 0.1) is 0 Å². The molecule has 0 aliphatic rings. The van der Waals surface area contributed by atoms with Crippen molar-refractivity contribution in [1.82, 2.24) is 0 Å². The third-order valence-electron chi connectivity index (χ3n) is 3.72. The molecule has 3 aromatic rings. The van der Waals surface area contributed by atoms with E-state index in [9.17, 15) is 9.59 Å². The Balaban J connectivity index is 1.52. The lowest BCUT2D eigenvalue weighted by Gasteiger charge is -2.10. The molecule has 0 saturated carbocycles. The molecular weight excluding hydrogens is 488 g/mol. The molecule has 0 radical (unpaired) electrons. The van der Waals surface area contributed by atoms with E-state index in [-0.39, 0.29) is 18.4 Å². The molecule has 7 heteroatoms. The van der Waals surface area contributed by atoms with Gasteiger partial charge in [0.2, 0.25) is 0 Å². The van der Waals surface area contributed by atoms with E-state index in [1.807, 2.05) is 30.3 Å². The molecule has 142 valence electrons. The highest BCUT2D eigenvalue weighted by molar-refractivity contribution is 9.11. The van der Waals surface area contributed by atoms with Crippen LogP contribution in [0.15, 0.2) is 81.7 Å². The van der Waals surface area contributed by atoms with E-state index < -0.39 is 0 Å². The Morgan fingerprint density at radius 2 is 1.46 bits per heavy atom. The Labute approximate surface area is 179 Å². The largest absolute Gasteiger partial charge is 0.483 e. The van der Waals surface area contributed by atoms with E-state index >= 15 is 0 Å². The predicted molar refractivity (Wildman–Crippen MR) is 117 cm³/mol. The standard InChI is InChI=1S/C21H16Br2N2O3/c22-15-6-11-19(18(23)12-15)28-13-20(26)24-16-7-9-17(10-8-16)25-21(27)14-4-2-1-3-5-14/h1-12H,13H2,(H,24,26)(H,25,27). The van der Waals surface area contributed by atoms with Crippen LogP contribution in [0.3, 0.4) is 0 Å². The molecular formula is C21H16Br2N2O3. The summed E-state index contributed by atoms with van der Waals surface area (Å²) in [5.74, 6) is 0.110. The van der Waals surface area contributed by atoms with Crippen LogP contribution in [0.25, 0.3) is 0 Å². The molecule has 0 aromatic heterocycles. The minimum atomic E-state index is -0.282. The van der Waals surface area contributed by atoms with Crippen LogP contribution in [0.5, 0.6) is 5.75 Å². The van der Waals surface area contributed by atoms with Crippen LogP contribution >= 0.6 is 31.9 Å². The summed E-state index contributed by atoms with van der Waals surface area (Å²) in [7, 11) is 0. The maximum absolute atomic E-state index is 12.1. The number of nitrogens with one attached hydrogen (secondary N) is 2. The first-order chi connectivity index (χ1) is 13.5. The topological polar surface area (TPSA) is 67.4 Å². The molecule has 0 heterocycles. The van der Waals surface area contributed by atoms with Crippen LogP contribution in [0.4, 0.5) is 11.4 Å². The zero-order valence-corrected chi connectivity index (χ0v) is 17.8. The molecule has 28 heavy (non-hydrogen) atoms. The molecule has 0 spiro atoms. The Morgan fingerprint density at radius 3 is 2.11 bits per heavy atom. The maximum Gasteiger partial charge on any atom is 0.262 e. The van der Waals surface area contributed by atoms with Gasteiger partial charge in [0.1, 0.15) is 5.75 Å². The SMILES string of the molecule is O=C(COc1ccc(Br)cc1Br)Nc1ccc(NC(=O)c2ccccc2)cc1. The molecule has 2 N–H and O–H groups in total. The lowest BCUT2D eigenvalue weighted by atomic mass is 10.2. The highest BCUT2D eigenvalue weighted by Gasteiger charge is 2.08. The summed E-state index contributed by atoms with van der Waals surface area (Å²) >= 11 is 6.75. The Morgan fingerprint density at radius 1 is 0.821 bits per heavy atom. The molecule has 0 aliphatic carbocycles. The molecule has 0 unspecified atom stereocenters. The second-order valence-electron chi connectivity index (χ2n) is 5.81. The van der Waals surface area contributed by atoms with Crippen LogP contribution in [-0.2, 0) is 4.79 Å². The molecule has 0 aliphatic heterocycles. The first-order valence-electron chi connectivity index (χ1n) is 8.35. The van der Waals surface area contributed by atoms with Crippen molar-refractivity contribution in [2.24, 2.45) is 0 Å². The fraction of sp³-hybridized carbons (Fsp3) is 0.0476. The fourth-order valence-electron chi connectivity index (χ4n) is 2.36. The van der Waals surface area contributed by atoms with Gasteiger partial charge in [-0.3, -0.25) is 9.59 Å². The number of amides is 2. The van der Waals surface area contributed by atoms with Gasteiger partial charge in [-0.2, -0.15) is 0 Å². The third kappa shape index (κ3) is 5.68. The van der Waals surface area contributed by atoms with Crippen LogP contribution in [0.2, 0.25) is 0 Å². The van der Waals surface area contributed by atoms with Gasteiger partial charge in [0.25, 0.3) is 11.8 Å². The summed E-state index contributed by atoms with van der Waals surface area (Å²) < 4.78 is 7.18. The molecule has 5 nitrogen and oxygen atoms in total. The predicted octanol–water partition coefficient (Wildman–Crippen LogP) is 5.48. The first-order valence-corrected chi connectivity index (χ1v) is 9.94. The van der Waals surface area contributed by atoms with E-state index in [1.165, 1.54) is 0 Å². The smallest absolute Gasteiger partial charge is 0.262 e. The first kappa shape index (κ1) is 20.1. The number of halogens is 2. The van der Waals surface area contributed by atoms with E-state index in [1.54, 1.807) is 42.5 Å². The number of ether oxygens (including phenoxy) is 1. The van der Waals surface area contributed by atoms with E-state index in [0.29, 0.717) is 22.7 Å². The van der Waals surface area contributed by atoms with Crippen LogP contribution in [0.1, 0.15) is 10.4 Å². The summed E-state index contributed by atoms with van der Waals surface area (Å²) in [5, 5.41) is 5.56. The number of rotatable bonds is 6. The van der Waals surface area contributed by atoms with Crippen molar-refractivity contribution in [2.75, 3.05) is 17.2 Å². The molecule has 0 fully saturated rings. The molecule has 0 bridgehead atoms. The lowest BCUT2D eigenvalue weighted by molar-refractivity contribution is -0.118. The van der Waals surface area contributed by atoms with Crippen molar-refractivity contribution < 1.29 is 14.3 Å². The number of benzene rings is 3. The van der Waals surface area contributed by atoms with Crippen molar-refractivity contribution in [1.29, 1.82) is 0 Å². The van der Waals surface area contributed by atoms with Gasteiger partial charge in [0, 0.05) is 21.4 Å². The monoisotopic (exact) mass is 502 g/mol. The Bertz CT molecular complexity index is 977. The molecule has 0 atom stereocenters. The van der Waals surface area contributed by atoms with Gasteiger partial charge in [-0.05, 0) is 70.5 Å². The number of hydrogen-bond acceptors (Lipinski definition) is 3. The van der Waals surface area contributed by atoms with Crippen molar-refractivity contribution in [3.63, 3.8) is 0 Å². The average Bonchev–Trinajstić information content (AvgIpc) is 2.69. The third-order valence-corrected chi connectivity index (χ3v) is 4.83. The second-order valence-corrected chi connectivity index (χ2v) is 7.58. The Kier molecular flexibility index (Phi) is 6.84. The van der Waals surface area contributed by atoms with Crippen LogP contribution < -0.4 is 15.4 Å². The van der Waals surface area contributed by atoms with Gasteiger partial charge in [-0.25, -0.2) is 0 Å². The molecule has 3 aromatic carbocycles.